The number of para-hydroxylation sites is 2. The number of benzene rings is 2. The molecule has 0 spiro atoms. The van der Waals surface area contributed by atoms with E-state index >= 15 is 0 Å². The van der Waals surface area contributed by atoms with Crippen molar-refractivity contribution in [3.05, 3.63) is 58.6 Å². The van der Waals surface area contributed by atoms with Crippen molar-refractivity contribution in [2.75, 3.05) is 13.1 Å². The van der Waals surface area contributed by atoms with Crippen LogP contribution in [-0.4, -0.2) is 29.7 Å². The monoisotopic (exact) mass is 459 g/mol. The Morgan fingerprint density at radius 2 is 1.59 bits per heavy atom. The number of piperidine rings is 1. The fraction of sp³-hybridized carbons (Fsp3) is 0.435. The molecule has 6 heteroatoms. The quantitative estimate of drug-likeness (QED) is 0.575. The number of likely N-dealkylation sites (tertiary alicyclic amines) is 1. The molecule has 0 N–H and O–H groups in total. The van der Waals surface area contributed by atoms with Crippen molar-refractivity contribution in [3.63, 3.8) is 0 Å². The average Bonchev–Trinajstić information content (AvgIpc) is 3.08. The predicted molar refractivity (Wildman–Crippen MR) is 114 cm³/mol. The molecule has 2 heterocycles. The molecule has 0 aliphatic carbocycles. The van der Waals surface area contributed by atoms with Crippen molar-refractivity contribution in [1.29, 1.82) is 0 Å². The van der Waals surface area contributed by atoms with Gasteiger partial charge in [-0.3, -0.25) is 0 Å². The van der Waals surface area contributed by atoms with E-state index in [1.165, 1.54) is 0 Å². The van der Waals surface area contributed by atoms with Gasteiger partial charge < -0.3 is 19.1 Å². The molecule has 154 valence electrons. The molecule has 0 radical (unpaired) electrons. The van der Waals surface area contributed by atoms with Crippen molar-refractivity contribution < 1.29 is 19.0 Å². The van der Waals surface area contributed by atoms with Gasteiger partial charge in [0.2, 0.25) is 0 Å². The molecule has 2 aromatic rings. The van der Waals surface area contributed by atoms with Crippen LogP contribution in [0.3, 0.4) is 0 Å². The van der Waals surface area contributed by atoms with Crippen molar-refractivity contribution in [2.24, 2.45) is 5.92 Å². The maximum atomic E-state index is 12.4. The molecule has 5 nitrogen and oxygen atoms in total. The predicted octanol–water partition coefficient (Wildman–Crippen LogP) is 5.72. The van der Waals surface area contributed by atoms with E-state index < -0.39 is 11.4 Å². The highest BCUT2D eigenvalue weighted by molar-refractivity contribution is 9.10. The number of carbonyl (C=O) groups excluding carboxylic acids is 1. The topological polar surface area (TPSA) is 48.0 Å². The summed E-state index contributed by atoms with van der Waals surface area (Å²) < 4.78 is 19.5. The molecule has 4 rings (SSSR count). The number of hydrogen-bond donors (Lipinski definition) is 0. The Morgan fingerprint density at radius 1 is 1.03 bits per heavy atom. The second-order valence-corrected chi connectivity index (χ2v) is 9.48. The van der Waals surface area contributed by atoms with Gasteiger partial charge in [-0.1, -0.05) is 40.2 Å². The van der Waals surface area contributed by atoms with E-state index in [1.807, 2.05) is 69.3 Å². The first-order valence-electron chi connectivity index (χ1n) is 9.98. The zero-order valence-corrected chi connectivity index (χ0v) is 18.6. The Hall–Kier alpha value is -2.21. The second kappa shape index (κ2) is 7.56. The third kappa shape index (κ3) is 4.08. The Morgan fingerprint density at radius 3 is 2.10 bits per heavy atom. The van der Waals surface area contributed by atoms with Gasteiger partial charge >= 0.3 is 6.09 Å². The van der Waals surface area contributed by atoms with E-state index in [0.29, 0.717) is 13.1 Å². The third-order valence-electron chi connectivity index (χ3n) is 5.30. The number of carbonyl (C=O) groups is 1. The van der Waals surface area contributed by atoms with Crippen LogP contribution in [0.25, 0.3) is 0 Å². The number of amides is 1. The largest absolute Gasteiger partial charge is 0.444 e. The van der Waals surface area contributed by atoms with Gasteiger partial charge in [0.25, 0.3) is 5.79 Å². The second-order valence-electron chi connectivity index (χ2n) is 8.57. The summed E-state index contributed by atoms with van der Waals surface area (Å²) in [5.41, 5.74) is 0.485. The Labute approximate surface area is 180 Å². The number of ether oxygens (including phenoxy) is 3. The minimum absolute atomic E-state index is 0.106. The van der Waals surface area contributed by atoms with E-state index in [2.05, 4.69) is 15.9 Å². The Bertz CT molecular complexity index is 857. The zero-order chi connectivity index (χ0) is 20.6. The lowest BCUT2D eigenvalue weighted by Gasteiger charge is -2.41. The summed E-state index contributed by atoms with van der Waals surface area (Å²) in [4.78, 5) is 14.2. The van der Waals surface area contributed by atoms with Crippen molar-refractivity contribution in [2.45, 2.75) is 45.0 Å². The summed E-state index contributed by atoms with van der Waals surface area (Å²) in [6.07, 6.45) is 1.28. The van der Waals surface area contributed by atoms with Crippen LogP contribution in [0.1, 0.15) is 39.2 Å². The molecule has 2 aliphatic rings. The first-order chi connectivity index (χ1) is 13.8. The molecule has 1 fully saturated rings. The molecule has 0 bridgehead atoms. The van der Waals surface area contributed by atoms with Gasteiger partial charge in [0.15, 0.2) is 11.5 Å². The lowest BCUT2D eigenvalue weighted by molar-refractivity contribution is -0.148. The standard InChI is InChI=1S/C23H26BrNO4/c1-22(2,3)29-21(26)25-14-12-17(13-15-25)23(16-8-10-18(24)11-9-16)27-19-6-4-5-7-20(19)28-23/h4-11,17H,12-15H2,1-3H3. The summed E-state index contributed by atoms with van der Waals surface area (Å²) in [6, 6.07) is 15.9. The summed E-state index contributed by atoms with van der Waals surface area (Å²) in [5.74, 6) is 0.731. The smallest absolute Gasteiger partial charge is 0.410 e. The van der Waals surface area contributed by atoms with Crippen LogP contribution < -0.4 is 9.47 Å². The number of fused-ring (bicyclic) bond motifs is 1. The molecule has 0 unspecified atom stereocenters. The van der Waals surface area contributed by atoms with Gasteiger partial charge in [-0.05, 0) is 57.9 Å². The van der Waals surface area contributed by atoms with E-state index in [0.717, 1.165) is 34.4 Å². The Kier molecular flexibility index (Phi) is 5.23. The van der Waals surface area contributed by atoms with E-state index in [1.54, 1.807) is 4.90 Å². The van der Waals surface area contributed by atoms with Crippen LogP contribution in [0, 0.1) is 5.92 Å². The highest BCUT2D eigenvalue weighted by atomic mass is 79.9. The molecule has 0 saturated carbocycles. The van der Waals surface area contributed by atoms with Crippen molar-refractivity contribution in [1.82, 2.24) is 4.90 Å². The number of halogens is 1. The highest BCUT2D eigenvalue weighted by Crippen LogP contribution is 2.50. The zero-order valence-electron chi connectivity index (χ0n) is 17.0. The maximum Gasteiger partial charge on any atom is 0.410 e. The fourth-order valence-electron chi connectivity index (χ4n) is 3.94. The average molecular weight is 460 g/mol. The molecule has 2 aliphatic heterocycles. The van der Waals surface area contributed by atoms with Gasteiger partial charge in [0.1, 0.15) is 5.60 Å². The van der Waals surface area contributed by atoms with Crippen molar-refractivity contribution in [3.8, 4) is 11.5 Å². The van der Waals surface area contributed by atoms with Gasteiger partial charge in [-0.25, -0.2) is 4.79 Å². The van der Waals surface area contributed by atoms with E-state index in [-0.39, 0.29) is 12.0 Å². The van der Waals surface area contributed by atoms with Crippen molar-refractivity contribution >= 4 is 22.0 Å². The lowest BCUT2D eigenvalue weighted by atomic mass is 9.84. The van der Waals surface area contributed by atoms with Gasteiger partial charge in [0, 0.05) is 29.0 Å². The molecular formula is C23H26BrNO4. The maximum absolute atomic E-state index is 12.4. The number of rotatable bonds is 2. The Balaban J connectivity index is 1.56. The molecule has 2 aromatic carbocycles. The fourth-order valence-corrected chi connectivity index (χ4v) is 4.20. The minimum Gasteiger partial charge on any atom is -0.444 e. The van der Waals surface area contributed by atoms with Gasteiger partial charge in [0.05, 0.1) is 0 Å². The molecule has 1 saturated heterocycles. The van der Waals surface area contributed by atoms with Crippen LogP contribution in [0.5, 0.6) is 11.5 Å². The third-order valence-corrected chi connectivity index (χ3v) is 5.83. The van der Waals surface area contributed by atoms with Gasteiger partial charge in [-0.2, -0.15) is 0 Å². The number of hydrogen-bond acceptors (Lipinski definition) is 4. The van der Waals surface area contributed by atoms with Crippen LogP contribution >= 0.6 is 15.9 Å². The highest BCUT2D eigenvalue weighted by Gasteiger charge is 2.51. The molecule has 1 amide bonds. The van der Waals surface area contributed by atoms with Crippen LogP contribution in [0.15, 0.2) is 53.0 Å². The summed E-state index contributed by atoms with van der Waals surface area (Å²) in [5, 5.41) is 0. The van der Waals surface area contributed by atoms with Crippen LogP contribution in [0.2, 0.25) is 0 Å². The van der Waals surface area contributed by atoms with E-state index in [9.17, 15) is 4.79 Å². The van der Waals surface area contributed by atoms with Crippen LogP contribution in [-0.2, 0) is 10.5 Å². The number of nitrogens with zero attached hydrogens (tertiary/aromatic N) is 1. The first-order valence-corrected chi connectivity index (χ1v) is 10.8. The van der Waals surface area contributed by atoms with Crippen LogP contribution in [0.4, 0.5) is 4.79 Å². The minimum atomic E-state index is -0.885. The lowest BCUT2D eigenvalue weighted by Crippen LogP contribution is -2.50. The molecule has 0 aromatic heterocycles. The SMILES string of the molecule is CC(C)(C)OC(=O)N1CCC(C2(c3ccc(Br)cc3)Oc3ccccc3O2)CC1. The molecular weight excluding hydrogens is 434 g/mol. The normalized spacial score (nSPS) is 18.6. The summed E-state index contributed by atoms with van der Waals surface area (Å²) >= 11 is 3.50. The summed E-state index contributed by atoms with van der Waals surface area (Å²) in [6.45, 7) is 6.88. The van der Waals surface area contributed by atoms with E-state index in [4.69, 9.17) is 14.2 Å². The van der Waals surface area contributed by atoms with Gasteiger partial charge in [-0.15, -0.1) is 0 Å². The summed E-state index contributed by atoms with van der Waals surface area (Å²) in [7, 11) is 0. The molecule has 0 atom stereocenters. The first kappa shape index (κ1) is 20.1. The molecule has 29 heavy (non-hydrogen) atoms.